The van der Waals surface area contributed by atoms with E-state index < -0.39 is 0 Å². The first-order valence-electron chi connectivity index (χ1n) is 10.9. The summed E-state index contributed by atoms with van der Waals surface area (Å²) in [6.07, 6.45) is 7.02. The van der Waals surface area contributed by atoms with Gasteiger partial charge < -0.3 is 14.4 Å². The van der Waals surface area contributed by atoms with E-state index >= 15 is 0 Å². The number of aromatic nitrogens is 2. The van der Waals surface area contributed by atoms with Crippen molar-refractivity contribution in [2.24, 2.45) is 0 Å². The minimum Gasteiger partial charge on any atom is -0.494 e. The quantitative estimate of drug-likeness (QED) is 0.559. The molecule has 158 valence electrons. The lowest BCUT2D eigenvalue weighted by Gasteiger charge is -2.12. The number of rotatable bonds is 6. The van der Waals surface area contributed by atoms with Crippen LogP contribution in [0, 0.1) is 0 Å². The van der Waals surface area contributed by atoms with Crippen molar-refractivity contribution < 1.29 is 14.0 Å². The number of methoxy groups -OCH3 is 1. The van der Waals surface area contributed by atoms with Gasteiger partial charge in [-0.05, 0) is 62.6 Å². The van der Waals surface area contributed by atoms with E-state index in [9.17, 15) is 0 Å². The van der Waals surface area contributed by atoms with Crippen LogP contribution < -0.4 is 18.9 Å². The molecule has 0 bridgehead atoms. The van der Waals surface area contributed by atoms with E-state index in [2.05, 4.69) is 64.7 Å². The van der Waals surface area contributed by atoms with Gasteiger partial charge in [-0.3, -0.25) is 0 Å². The Hall–Kier alpha value is -2.95. The molecular weight excluding hydrogens is 374 g/mol. The molecule has 2 aromatic carbocycles. The number of anilines is 1. The third-order valence-electron chi connectivity index (χ3n) is 5.82. The number of ether oxygens (including phenoxy) is 2. The van der Waals surface area contributed by atoms with Crippen LogP contribution in [-0.2, 0) is 13.0 Å². The third kappa shape index (κ3) is 3.89. The Bertz CT molecular complexity index is 1010. The molecule has 0 saturated carbocycles. The molecule has 1 aliphatic rings. The van der Waals surface area contributed by atoms with Gasteiger partial charge in [0, 0.05) is 37.8 Å². The molecule has 5 nitrogen and oxygen atoms in total. The van der Waals surface area contributed by atoms with Gasteiger partial charge in [0.05, 0.1) is 20.3 Å². The molecule has 4 rings (SSSR count). The maximum Gasteiger partial charge on any atom is 0.262 e. The van der Waals surface area contributed by atoms with E-state index in [0.717, 1.165) is 30.2 Å². The summed E-state index contributed by atoms with van der Waals surface area (Å²) in [4.78, 5) is 2.13. The van der Waals surface area contributed by atoms with Crippen LogP contribution in [0.2, 0.25) is 0 Å². The van der Waals surface area contributed by atoms with Crippen molar-refractivity contribution in [3.63, 3.8) is 0 Å². The van der Waals surface area contributed by atoms with E-state index in [0.29, 0.717) is 6.61 Å². The van der Waals surface area contributed by atoms with Crippen LogP contribution in [0.4, 0.5) is 5.69 Å². The van der Waals surface area contributed by atoms with Crippen molar-refractivity contribution >= 4 is 5.69 Å². The van der Waals surface area contributed by atoms with Gasteiger partial charge in [0.1, 0.15) is 11.9 Å². The minimum absolute atomic E-state index is 0.643. The molecule has 1 aliphatic heterocycles. The summed E-state index contributed by atoms with van der Waals surface area (Å²) in [5.41, 5.74) is 4.77. The van der Waals surface area contributed by atoms with Crippen LogP contribution in [0.3, 0.4) is 0 Å². The summed E-state index contributed by atoms with van der Waals surface area (Å²) < 4.78 is 16.2. The largest absolute Gasteiger partial charge is 0.494 e. The van der Waals surface area contributed by atoms with Crippen molar-refractivity contribution in [1.82, 2.24) is 4.57 Å². The molecule has 0 spiro atoms. The average molecular weight is 407 g/mol. The molecule has 0 N–H and O–H groups in total. The maximum atomic E-state index is 5.75. The van der Waals surface area contributed by atoms with Gasteiger partial charge in [-0.2, -0.15) is 4.57 Å². The Morgan fingerprint density at radius 3 is 2.53 bits per heavy atom. The topological polar surface area (TPSA) is 30.5 Å². The molecule has 0 radical (unpaired) electrons. The van der Waals surface area contributed by atoms with Crippen LogP contribution in [0.1, 0.15) is 32.0 Å². The minimum atomic E-state index is 0.643. The second kappa shape index (κ2) is 8.82. The second-order valence-electron chi connectivity index (χ2n) is 7.97. The summed E-state index contributed by atoms with van der Waals surface area (Å²) in [5, 5.41) is 0. The zero-order valence-electron chi connectivity index (χ0n) is 18.5. The monoisotopic (exact) mass is 406 g/mol. The maximum absolute atomic E-state index is 5.75. The van der Waals surface area contributed by atoms with Crippen molar-refractivity contribution in [2.75, 3.05) is 32.7 Å². The lowest BCUT2D eigenvalue weighted by Crippen LogP contribution is -2.38. The molecule has 0 unspecified atom stereocenters. The van der Waals surface area contributed by atoms with Gasteiger partial charge in [-0.25, -0.2) is 4.57 Å². The number of fused-ring (bicyclic) bond motifs is 1. The summed E-state index contributed by atoms with van der Waals surface area (Å²) in [7, 11) is 5.87. The average Bonchev–Trinajstić information content (AvgIpc) is 2.94. The highest BCUT2D eigenvalue weighted by Gasteiger charge is 2.28. The predicted octanol–water partition coefficient (Wildman–Crippen LogP) is 4.63. The molecule has 0 atom stereocenters. The first kappa shape index (κ1) is 20.3. The highest BCUT2D eigenvalue weighted by Crippen LogP contribution is 2.31. The number of nitrogens with zero attached hydrogens (tertiary/aromatic N) is 3. The first-order chi connectivity index (χ1) is 14.6. The fourth-order valence-corrected chi connectivity index (χ4v) is 4.25. The van der Waals surface area contributed by atoms with Gasteiger partial charge >= 0.3 is 0 Å². The van der Waals surface area contributed by atoms with Gasteiger partial charge in [0.25, 0.3) is 5.82 Å². The van der Waals surface area contributed by atoms with Gasteiger partial charge in [0.2, 0.25) is 0 Å². The van der Waals surface area contributed by atoms with Crippen LogP contribution in [-0.4, -0.2) is 32.4 Å². The van der Waals surface area contributed by atoms with Crippen molar-refractivity contribution in [3.8, 4) is 28.4 Å². The SMILES string of the molecule is CCOc1ccc(-n2cc(-c3ccc(N(C)C)cc3)[n+]3c2CCCCC3)c(OC)c1. The molecule has 30 heavy (non-hydrogen) atoms. The molecule has 0 fully saturated rings. The third-order valence-corrected chi connectivity index (χ3v) is 5.82. The van der Waals surface area contributed by atoms with Gasteiger partial charge in [-0.15, -0.1) is 0 Å². The molecule has 5 heteroatoms. The Kier molecular flexibility index (Phi) is 5.98. The normalized spacial score (nSPS) is 13.5. The lowest BCUT2D eigenvalue weighted by atomic mass is 10.1. The van der Waals surface area contributed by atoms with Gasteiger partial charge in [-0.1, -0.05) is 0 Å². The standard InChI is InChI=1S/C25H32N3O2/c1-5-30-21-14-15-22(24(17-21)29-4)28-18-23(27-16-8-6-7-9-25(27)28)19-10-12-20(13-11-19)26(2)3/h10-15,17-18H,5-9,16H2,1-4H3/q+1. The summed E-state index contributed by atoms with van der Waals surface area (Å²) in [5.74, 6) is 3.00. The Morgan fingerprint density at radius 2 is 1.83 bits per heavy atom. The summed E-state index contributed by atoms with van der Waals surface area (Å²) >= 11 is 0. The molecular formula is C25H32N3O2+. The molecule has 0 aliphatic carbocycles. The molecule has 2 heterocycles. The molecule has 1 aromatic heterocycles. The van der Waals surface area contributed by atoms with Crippen LogP contribution in [0.5, 0.6) is 11.5 Å². The van der Waals surface area contributed by atoms with E-state index in [1.165, 1.54) is 42.0 Å². The molecule has 0 saturated heterocycles. The fourth-order valence-electron chi connectivity index (χ4n) is 4.25. The molecule has 0 amide bonds. The number of hydrogen-bond donors (Lipinski definition) is 0. The predicted molar refractivity (Wildman–Crippen MR) is 121 cm³/mol. The Balaban J connectivity index is 1.83. The van der Waals surface area contributed by atoms with E-state index in [1.54, 1.807) is 7.11 Å². The summed E-state index contributed by atoms with van der Waals surface area (Å²) in [6, 6.07) is 14.9. The van der Waals surface area contributed by atoms with E-state index in [1.807, 2.05) is 19.1 Å². The highest BCUT2D eigenvalue weighted by molar-refractivity contribution is 5.62. The van der Waals surface area contributed by atoms with Crippen LogP contribution in [0.25, 0.3) is 16.9 Å². The van der Waals surface area contributed by atoms with Crippen molar-refractivity contribution in [2.45, 2.75) is 39.2 Å². The lowest BCUT2D eigenvalue weighted by molar-refractivity contribution is -0.692. The van der Waals surface area contributed by atoms with Gasteiger partial charge in [0.15, 0.2) is 17.1 Å². The number of benzene rings is 2. The summed E-state index contributed by atoms with van der Waals surface area (Å²) in [6.45, 7) is 3.69. The smallest absolute Gasteiger partial charge is 0.262 e. The fraction of sp³-hybridized carbons (Fsp3) is 0.400. The number of hydrogen-bond acceptors (Lipinski definition) is 3. The first-order valence-corrected chi connectivity index (χ1v) is 10.9. The zero-order valence-corrected chi connectivity index (χ0v) is 18.5. The van der Waals surface area contributed by atoms with Crippen molar-refractivity contribution in [1.29, 1.82) is 0 Å². The molecule has 3 aromatic rings. The second-order valence-corrected chi connectivity index (χ2v) is 7.97. The van der Waals surface area contributed by atoms with Crippen LogP contribution in [0.15, 0.2) is 48.7 Å². The van der Waals surface area contributed by atoms with E-state index in [4.69, 9.17) is 9.47 Å². The number of imidazole rings is 1. The Morgan fingerprint density at radius 1 is 1.03 bits per heavy atom. The van der Waals surface area contributed by atoms with E-state index in [-0.39, 0.29) is 0 Å². The zero-order chi connectivity index (χ0) is 21.1. The Labute approximate surface area is 179 Å². The van der Waals surface area contributed by atoms with Crippen LogP contribution >= 0.6 is 0 Å². The van der Waals surface area contributed by atoms with Crippen molar-refractivity contribution in [3.05, 3.63) is 54.5 Å². The highest BCUT2D eigenvalue weighted by atomic mass is 16.5.